The van der Waals surface area contributed by atoms with E-state index in [2.05, 4.69) is 30.8 Å². The van der Waals surface area contributed by atoms with Gasteiger partial charge in [0.1, 0.15) is 10.4 Å². The molecule has 2 N–H and O–H groups in total. The SMILES string of the molecule is Nc1cc(Br)nc(N2CCC2)n1. The summed E-state index contributed by atoms with van der Waals surface area (Å²) in [6.07, 6.45) is 1.22. The predicted octanol–water partition coefficient (Wildman–Crippen LogP) is 1.03. The molecule has 1 aromatic rings. The van der Waals surface area contributed by atoms with Crippen LogP contribution in [0.2, 0.25) is 0 Å². The summed E-state index contributed by atoms with van der Waals surface area (Å²) in [5, 5.41) is 0. The van der Waals surface area contributed by atoms with Gasteiger partial charge in [0.15, 0.2) is 0 Å². The van der Waals surface area contributed by atoms with Crippen molar-refractivity contribution in [1.29, 1.82) is 0 Å². The number of halogens is 1. The molecule has 0 atom stereocenters. The highest BCUT2D eigenvalue weighted by Crippen LogP contribution is 2.19. The van der Waals surface area contributed by atoms with Gasteiger partial charge in [0.2, 0.25) is 5.95 Å². The average Bonchev–Trinajstić information content (AvgIpc) is 1.79. The van der Waals surface area contributed by atoms with E-state index in [0.29, 0.717) is 5.82 Å². The summed E-state index contributed by atoms with van der Waals surface area (Å²) in [7, 11) is 0. The van der Waals surface area contributed by atoms with Crippen LogP contribution in [0.5, 0.6) is 0 Å². The molecule has 0 radical (unpaired) electrons. The fourth-order valence-corrected chi connectivity index (χ4v) is 1.47. The molecule has 1 aromatic heterocycles. The van der Waals surface area contributed by atoms with Gasteiger partial charge in [0.25, 0.3) is 0 Å². The van der Waals surface area contributed by atoms with Crippen LogP contribution < -0.4 is 10.6 Å². The molecule has 4 nitrogen and oxygen atoms in total. The highest BCUT2D eigenvalue weighted by atomic mass is 79.9. The normalized spacial score (nSPS) is 15.9. The minimum Gasteiger partial charge on any atom is -0.383 e. The molecule has 64 valence electrons. The summed E-state index contributed by atoms with van der Waals surface area (Å²) < 4.78 is 0.747. The molecule has 1 aliphatic heterocycles. The van der Waals surface area contributed by atoms with Crippen LogP contribution in [-0.2, 0) is 0 Å². The maximum absolute atomic E-state index is 5.57. The molecule has 2 heterocycles. The molecule has 5 heteroatoms. The fraction of sp³-hybridized carbons (Fsp3) is 0.429. The Morgan fingerprint density at radius 1 is 1.42 bits per heavy atom. The number of nitrogen functional groups attached to an aromatic ring is 1. The third-order valence-corrected chi connectivity index (χ3v) is 2.25. The zero-order valence-corrected chi connectivity index (χ0v) is 8.08. The van der Waals surface area contributed by atoms with Crippen molar-refractivity contribution in [2.75, 3.05) is 23.7 Å². The van der Waals surface area contributed by atoms with Crippen molar-refractivity contribution in [3.63, 3.8) is 0 Å². The first-order valence-electron chi connectivity index (χ1n) is 3.81. The van der Waals surface area contributed by atoms with Gasteiger partial charge in [0.05, 0.1) is 0 Å². The Hall–Kier alpha value is -0.840. The van der Waals surface area contributed by atoms with Crippen molar-refractivity contribution in [1.82, 2.24) is 9.97 Å². The van der Waals surface area contributed by atoms with Gasteiger partial charge in [-0.15, -0.1) is 0 Å². The molecule has 0 aromatic carbocycles. The zero-order chi connectivity index (χ0) is 8.55. The predicted molar refractivity (Wildman–Crippen MR) is 51.0 cm³/mol. The van der Waals surface area contributed by atoms with Crippen LogP contribution in [0.15, 0.2) is 10.7 Å². The Labute approximate surface area is 78.9 Å². The summed E-state index contributed by atoms with van der Waals surface area (Å²) in [6, 6.07) is 1.70. The second-order valence-corrected chi connectivity index (χ2v) is 3.57. The third kappa shape index (κ3) is 1.36. The summed E-state index contributed by atoms with van der Waals surface area (Å²) in [5.74, 6) is 1.24. The second kappa shape index (κ2) is 2.90. The standard InChI is InChI=1S/C7H9BrN4/c8-5-4-6(9)11-7(10-5)12-2-1-3-12/h4H,1-3H2,(H2,9,10,11). The molecule has 1 aliphatic rings. The number of anilines is 2. The number of hydrogen-bond donors (Lipinski definition) is 1. The third-order valence-electron chi connectivity index (χ3n) is 1.84. The molecule has 2 rings (SSSR count). The Balaban J connectivity index is 2.30. The Morgan fingerprint density at radius 3 is 2.67 bits per heavy atom. The summed E-state index contributed by atoms with van der Waals surface area (Å²) in [4.78, 5) is 10.4. The van der Waals surface area contributed by atoms with Crippen molar-refractivity contribution >= 4 is 27.7 Å². The van der Waals surface area contributed by atoms with E-state index in [9.17, 15) is 0 Å². The highest BCUT2D eigenvalue weighted by Gasteiger charge is 2.17. The van der Waals surface area contributed by atoms with Crippen LogP contribution in [-0.4, -0.2) is 23.1 Å². The fourth-order valence-electron chi connectivity index (χ4n) is 1.08. The van der Waals surface area contributed by atoms with Crippen LogP contribution in [0.25, 0.3) is 0 Å². The van der Waals surface area contributed by atoms with Gasteiger partial charge >= 0.3 is 0 Å². The van der Waals surface area contributed by atoms with E-state index < -0.39 is 0 Å². The van der Waals surface area contributed by atoms with E-state index in [1.54, 1.807) is 6.07 Å². The molecule has 0 saturated carbocycles. The first-order valence-corrected chi connectivity index (χ1v) is 4.60. The lowest BCUT2D eigenvalue weighted by Crippen LogP contribution is -2.38. The molecule has 12 heavy (non-hydrogen) atoms. The van der Waals surface area contributed by atoms with Crippen LogP contribution >= 0.6 is 15.9 Å². The van der Waals surface area contributed by atoms with Crippen molar-refractivity contribution < 1.29 is 0 Å². The molecular formula is C7H9BrN4. The molecule has 0 bridgehead atoms. The minimum atomic E-state index is 0.513. The smallest absolute Gasteiger partial charge is 0.228 e. The largest absolute Gasteiger partial charge is 0.383 e. The zero-order valence-electron chi connectivity index (χ0n) is 6.50. The van der Waals surface area contributed by atoms with Crippen molar-refractivity contribution in [3.8, 4) is 0 Å². The highest BCUT2D eigenvalue weighted by molar-refractivity contribution is 9.10. The van der Waals surface area contributed by atoms with E-state index in [-0.39, 0.29) is 0 Å². The van der Waals surface area contributed by atoms with Crippen molar-refractivity contribution in [2.24, 2.45) is 0 Å². The van der Waals surface area contributed by atoms with E-state index in [1.807, 2.05) is 0 Å². The molecular weight excluding hydrogens is 220 g/mol. The lowest BCUT2D eigenvalue weighted by atomic mass is 10.2. The average molecular weight is 229 g/mol. The van der Waals surface area contributed by atoms with Crippen molar-refractivity contribution in [3.05, 3.63) is 10.7 Å². The lowest BCUT2D eigenvalue weighted by Gasteiger charge is -2.30. The van der Waals surface area contributed by atoms with Crippen LogP contribution in [0.3, 0.4) is 0 Å². The van der Waals surface area contributed by atoms with E-state index in [0.717, 1.165) is 23.6 Å². The Kier molecular flexibility index (Phi) is 1.88. The minimum absolute atomic E-state index is 0.513. The summed E-state index contributed by atoms with van der Waals surface area (Å²) >= 11 is 3.28. The number of nitrogens with zero attached hydrogens (tertiary/aromatic N) is 3. The molecule has 0 unspecified atom stereocenters. The number of aromatic nitrogens is 2. The van der Waals surface area contributed by atoms with E-state index in [4.69, 9.17) is 5.73 Å². The van der Waals surface area contributed by atoms with Crippen molar-refractivity contribution in [2.45, 2.75) is 6.42 Å². The quantitative estimate of drug-likeness (QED) is 0.730. The van der Waals surface area contributed by atoms with Gasteiger partial charge in [-0.3, -0.25) is 0 Å². The second-order valence-electron chi connectivity index (χ2n) is 2.76. The maximum atomic E-state index is 5.57. The molecule has 0 aliphatic carbocycles. The van der Waals surface area contributed by atoms with Crippen LogP contribution in [0.1, 0.15) is 6.42 Å². The van der Waals surface area contributed by atoms with Gasteiger partial charge in [-0.1, -0.05) is 0 Å². The molecule has 1 fully saturated rings. The van der Waals surface area contributed by atoms with Gasteiger partial charge in [-0.05, 0) is 22.4 Å². The number of rotatable bonds is 1. The topological polar surface area (TPSA) is 55.0 Å². The molecule has 0 spiro atoms. The monoisotopic (exact) mass is 228 g/mol. The van der Waals surface area contributed by atoms with Crippen LogP contribution in [0, 0.1) is 0 Å². The van der Waals surface area contributed by atoms with Gasteiger partial charge < -0.3 is 10.6 Å². The molecule has 1 saturated heterocycles. The summed E-state index contributed by atoms with van der Waals surface area (Å²) in [5.41, 5.74) is 5.57. The first-order chi connectivity index (χ1) is 5.75. The van der Waals surface area contributed by atoms with E-state index >= 15 is 0 Å². The Bertz CT molecular complexity index is 277. The lowest BCUT2D eigenvalue weighted by molar-refractivity contribution is 0.600. The maximum Gasteiger partial charge on any atom is 0.228 e. The molecule has 0 amide bonds. The summed E-state index contributed by atoms with van der Waals surface area (Å²) in [6.45, 7) is 2.08. The van der Waals surface area contributed by atoms with Gasteiger partial charge in [0, 0.05) is 19.2 Å². The number of nitrogens with two attached hydrogens (primary N) is 1. The Morgan fingerprint density at radius 2 is 2.17 bits per heavy atom. The van der Waals surface area contributed by atoms with E-state index in [1.165, 1.54) is 6.42 Å². The first kappa shape index (κ1) is 7.79. The number of hydrogen-bond acceptors (Lipinski definition) is 4. The van der Waals surface area contributed by atoms with Gasteiger partial charge in [-0.25, -0.2) is 4.98 Å². The van der Waals surface area contributed by atoms with Gasteiger partial charge in [-0.2, -0.15) is 4.98 Å². The van der Waals surface area contributed by atoms with Crippen LogP contribution in [0.4, 0.5) is 11.8 Å².